The number of carbonyl (C=O) groups excluding carboxylic acids is 1. The van der Waals surface area contributed by atoms with Crippen molar-refractivity contribution in [1.29, 1.82) is 0 Å². The molecule has 1 unspecified atom stereocenters. The van der Waals surface area contributed by atoms with Gasteiger partial charge >= 0.3 is 0 Å². The minimum Gasteiger partial charge on any atom is -0.497 e. The fourth-order valence-corrected chi connectivity index (χ4v) is 2.70. The molecule has 0 saturated carbocycles. The van der Waals surface area contributed by atoms with Crippen LogP contribution in [0.25, 0.3) is 0 Å². The summed E-state index contributed by atoms with van der Waals surface area (Å²) in [7, 11) is 1.61. The molecule has 1 atom stereocenters. The van der Waals surface area contributed by atoms with Crippen molar-refractivity contribution in [2.75, 3.05) is 26.8 Å². The van der Waals surface area contributed by atoms with Crippen LogP contribution in [0.3, 0.4) is 0 Å². The molecule has 1 heterocycles. The summed E-state index contributed by atoms with van der Waals surface area (Å²) in [5.41, 5.74) is 0.701. The smallest absolute Gasteiger partial charge is 0.176 e. The molecule has 1 fully saturated rings. The van der Waals surface area contributed by atoms with Crippen LogP contribution in [0, 0.1) is 0 Å². The van der Waals surface area contributed by atoms with Crippen molar-refractivity contribution in [3.63, 3.8) is 0 Å². The number of rotatable bonds is 5. The molecule has 20 heavy (non-hydrogen) atoms. The number of Topliss-reactive ketones (excluding diaryl/α,β-unsaturated/α-hetero) is 1. The van der Waals surface area contributed by atoms with Gasteiger partial charge in [0.15, 0.2) is 5.78 Å². The quantitative estimate of drug-likeness (QED) is 0.838. The van der Waals surface area contributed by atoms with E-state index in [4.69, 9.17) is 4.74 Å². The lowest BCUT2D eigenvalue weighted by Gasteiger charge is -2.27. The first-order valence-electron chi connectivity index (χ1n) is 7.26. The predicted octanol–water partition coefficient (Wildman–Crippen LogP) is 2.11. The molecule has 2 rings (SSSR count). The number of ether oxygens (including phenoxy) is 1. The SMILES string of the molecule is COc1ccc(C(=O)CN2CCCCCC2CO)cc1. The van der Waals surface area contributed by atoms with E-state index in [0.717, 1.165) is 31.6 Å². The lowest BCUT2D eigenvalue weighted by molar-refractivity contribution is 0.0826. The number of aliphatic hydroxyl groups is 1. The summed E-state index contributed by atoms with van der Waals surface area (Å²) in [5.74, 6) is 0.859. The van der Waals surface area contributed by atoms with Crippen LogP contribution in [0.1, 0.15) is 36.0 Å². The highest BCUT2D eigenvalue weighted by Crippen LogP contribution is 2.18. The van der Waals surface area contributed by atoms with Gasteiger partial charge in [-0.05, 0) is 43.7 Å². The number of likely N-dealkylation sites (tertiary alicyclic amines) is 1. The van der Waals surface area contributed by atoms with Gasteiger partial charge in [0.25, 0.3) is 0 Å². The topological polar surface area (TPSA) is 49.8 Å². The van der Waals surface area contributed by atoms with Gasteiger partial charge in [0, 0.05) is 11.6 Å². The zero-order chi connectivity index (χ0) is 14.4. The normalized spacial score (nSPS) is 20.4. The van der Waals surface area contributed by atoms with Crippen molar-refractivity contribution in [2.45, 2.75) is 31.7 Å². The standard InChI is InChI=1S/C16H23NO3/c1-20-15-8-6-13(7-9-15)16(19)11-17-10-4-2-3-5-14(17)12-18/h6-9,14,18H,2-5,10-12H2,1H3. The summed E-state index contributed by atoms with van der Waals surface area (Å²) >= 11 is 0. The van der Waals surface area contributed by atoms with Crippen molar-refractivity contribution < 1.29 is 14.6 Å². The minimum absolute atomic E-state index is 0.105. The molecule has 1 saturated heterocycles. The highest BCUT2D eigenvalue weighted by atomic mass is 16.5. The summed E-state index contributed by atoms with van der Waals surface area (Å²) < 4.78 is 5.10. The third kappa shape index (κ3) is 3.81. The third-order valence-corrected chi connectivity index (χ3v) is 3.97. The van der Waals surface area contributed by atoms with E-state index in [1.54, 1.807) is 31.4 Å². The van der Waals surface area contributed by atoms with Crippen molar-refractivity contribution in [1.82, 2.24) is 4.90 Å². The van der Waals surface area contributed by atoms with Gasteiger partial charge in [-0.2, -0.15) is 0 Å². The second kappa shape index (κ2) is 7.41. The van der Waals surface area contributed by atoms with Gasteiger partial charge in [-0.15, -0.1) is 0 Å². The van der Waals surface area contributed by atoms with E-state index in [1.165, 1.54) is 6.42 Å². The van der Waals surface area contributed by atoms with Crippen LogP contribution in [-0.2, 0) is 0 Å². The maximum Gasteiger partial charge on any atom is 0.176 e. The van der Waals surface area contributed by atoms with E-state index >= 15 is 0 Å². The summed E-state index contributed by atoms with van der Waals surface area (Å²) in [6, 6.07) is 7.33. The van der Waals surface area contributed by atoms with E-state index in [9.17, 15) is 9.90 Å². The molecule has 1 aromatic carbocycles. The molecule has 110 valence electrons. The monoisotopic (exact) mass is 277 g/mol. The molecule has 0 aliphatic carbocycles. The third-order valence-electron chi connectivity index (χ3n) is 3.97. The lowest BCUT2D eigenvalue weighted by Crippen LogP contribution is -2.40. The largest absolute Gasteiger partial charge is 0.497 e. The Morgan fingerprint density at radius 3 is 2.70 bits per heavy atom. The maximum absolute atomic E-state index is 12.3. The number of nitrogens with zero attached hydrogens (tertiary/aromatic N) is 1. The van der Waals surface area contributed by atoms with E-state index in [1.807, 2.05) is 0 Å². The Balaban J connectivity index is 2.00. The predicted molar refractivity (Wildman–Crippen MR) is 78.2 cm³/mol. The van der Waals surface area contributed by atoms with Crippen LogP contribution in [0.5, 0.6) is 5.75 Å². The molecule has 0 spiro atoms. The second-order valence-electron chi connectivity index (χ2n) is 5.31. The second-order valence-corrected chi connectivity index (χ2v) is 5.31. The van der Waals surface area contributed by atoms with Gasteiger partial charge in [-0.1, -0.05) is 12.8 Å². The number of methoxy groups -OCH3 is 1. The fraction of sp³-hybridized carbons (Fsp3) is 0.562. The van der Waals surface area contributed by atoms with Gasteiger partial charge < -0.3 is 9.84 Å². The highest BCUT2D eigenvalue weighted by molar-refractivity contribution is 5.97. The molecule has 1 aliphatic heterocycles. The van der Waals surface area contributed by atoms with Gasteiger partial charge in [-0.25, -0.2) is 0 Å². The Bertz CT molecular complexity index is 430. The molecule has 1 aliphatic rings. The van der Waals surface area contributed by atoms with Crippen LogP contribution >= 0.6 is 0 Å². The maximum atomic E-state index is 12.3. The van der Waals surface area contributed by atoms with Gasteiger partial charge in [0.05, 0.1) is 20.3 Å². The van der Waals surface area contributed by atoms with Gasteiger partial charge in [0.1, 0.15) is 5.75 Å². The number of benzene rings is 1. The van der Waals surface area contributed by atoms with E-state index in [-0.39, 0.29) is 18.4 Å². The van der Waals surface area contributed by atoms with E-state index in [2.05, 4.69) is 4.90 Å². The van der Waals surface area contributed by atoms with Crippen molar-refractivity contribution >= 4 is 5.78 Å². The fourth-order valence-electron chi connectivity index (χ4n) is 2.70. The van der Waals surface area contributed by atoms with Crippen LogP contribution in [0.4, 0.5) is 0 Å². The Hall–Kier alpha value is -1.39. The summed E-state index contributed by atoms with van der Waals surface area (Å²) in [6.07, 6.45) is 4.40. The molecule has 4 nitrogen and oxygen atoms in total. The first-order valence-corrected chi connectivity index (χ1v) is 7.26. The first-order chi connectivity index (χ1) is 9.74. The van der Waals surface area contributed by atoms with Crippen LogP contribution in [0.15, 0.2) is 24.3 Å². The van der Waals surface area contributed by atoms with Crippen LogP contribution in [-0.4, -0.2) is 48.6 Å². The minimum atomic E-state index is 0.105. The molecule has 0 amide bonds. The Kier molecular flexibility index (Phi) is 5.56. The molecule has 0 radical (unpaired) electrons. The number of hydrogen-bond donors (Lipinski definition) is 1. The molecular formula is C16H23NO3. The highest BCUT2D eigenvalue weighted by Gasteiger charge is 2.22. The lowest BCUT2D eigenvalue weighted by atomic mass is 10.1. The van der Waals surface area contributed by atoms with Crippen molar-refractivity contribution in [2.24, 2.45) is 0 Å². The first kappa shape index (κ1) is 15.0. The Labute approximate surface area is 120 Å². The van der Waals surface area contributed by atoms with Crippen LogP contribution in [0.2, 0.25) is 0 Å². The Morgan fingerprint density at radius 1 is 1.30 bits per heavy atom. The summed E-state index contributed by atoms with van der Waals surface area (Å²) in [5, 5.41) is 9.47. The number of carbonyl (C=O) groups is 1. The average Bonchev–Trinajstić information content (AvgIpc) is 2.72. The summed E-state index contributed by atoms with van der Waals surface area (Å²) in [6.45, 7) is 1.42. The molecule has 4 heteroatoms. The molecule has 0 aromatic heterocycles. The number of hydrogen-bond acceptors (Lipinski definition) is 4. The number of ketones is 1. The Morgan fingerprint density at radius 2 is 2.05 bits per heavy atom. The van der Waals surface area contributed by atoms with E-state index in [0.29, 0.717) is 12.1 Å². The van der Waals surface area contributed by atoms with E-state index < -0.39 is 0 Å². The van der Waals surface area contributed by atoms with Gasteiger partial charge in [-0.3, -0.25) is 9.69 Å². The summed E-state index contributed by atoms with van der Waals surface area (Å²) in [4.78, 5) is 14.4. The molecule has 1 aromatic rings. The van der Waals surface area contributed by atoms with Crippen molar-refractivity contribution in [3.8, 4) is 5.75 Å². The zero-order valence-electron chi connectivity index (χ0n) is 12.0. The molecule has 1 N–H and O–H groups in total. The molecular weight excluding hydrogens is 254 g/mol. The molecule has 0 bridgehead atoms. The van der Waals surface area contributed by atoms with Gasteiger partial charge in [0.2, 0.25) is 0 Å². The average molecular weight is 277 g/mol. The zero-order valence-corrected chi connectivity index (χ0v) is 12.0. The number of aliphatic hydroxyl groups excluding tert-OH is 1. The van der Waals surface area contributed by atoms with Crippen molar-refractivity contribution in [3.05, 3.63) is 29.8 Å². The van der Waals surface area contributed by atoms with Crippen LogP contribution < -0.4 is 4.74 Å².